The molecule has 0 aromatic carbocycles. The Morgan fingerprint density at radius 1 is 1.36 bits per heavy atom. The van der Waals surface area contributed by atoms with Crippen LogP contribution in [0.4, 0.5) is 4.79 Å². The molecular weight excluding hydrogens is 184 g/mol. The molecule has 0 aromatic heterocycles. The van der Waals surface area contributed by atoms with E-state index in [1.165, 1.54) is 7.11 Å². The minimum absolute atomic E-state index is 0.0344. The van der Waals surface area contributed by atoms with Crippen LogP contribution >= 0.6 is 0 Å². The minimum Gasteiger partial charge on any atom is -0.453 e. The van der Waals surface area contributed by atoms with Gasteiger partial charge >= 0.3 is 6.09 Å². The predicted octanol–water partition coefficient (Wildman–Crippen LogP) is 0.353. The van der Waals surface area contributed by atoms with Crippen LogP contribution < -0.4 is 5.32 Å². The Labute approximate surface area is 83.4 Å². The van der Waals surface area contributed by atoms with Crippen LogP contribution in [-0.4, -0.2) is 43.1 Å². The maximum absolute atomic E-state index is 11.7. The predicted molar refractivity (Wildman–Crippen MR) is 50.8 cm³/mol. The number of rotatable bonds is 2. The molecule has 1 fully saturated rings. The Balaban J connectivity index is 2.39. The topological polar surface area (TPSA) is 58.6 Å². The molecule has 1 rings (SSSR count). The van der Waals surface area contributed by atoms with Crippen molar-refractivity contribution in [1.82, 2.24) is 10.2 Å². The van der Waals surface area contributed by atoms with E-state index >= 15 is 0 Å². The number of hydrogen-bond donors (Lipinski definition) is 1. The Bertz CT molecular complexity index is 224. The highest BCUT2D eigenvalue weighted by atomic mass is 16.5. The summed E-state index contributed by atoms with van der Waals surface area (Å²) >= 11 is 0. The number of nitrogens with zero attached hydrogens (tertiary/aromatic N) is 1. The summed E-state index contributed by atoms with van der Waals surface area (Å²) in [6, 6.07) is -0.499. The van der Waals surface area contributed by atoms with Crippen molar-refractivity contribution in [3.8, 4) is 0 Å². The van der Waals surface area contributed by atoms with E-state index in [-0.39, 0.29) is 5.91 Å². The minimum atomic E-state index is -0.565. The van der Waals surface area contributed by atoms with Crippen LogP contribution in [0.15, 0.2) is 0 Å². The van der Waals surface area contributed by atoms with Crippen LogP contribution in [0.3, 0.4) is 0 Å². The molecule has 5 heteroatoms. The van der Waals surface area contributed by atoms with E-state index in [1.807, 2.05) is 0 Å². The molecule has 0 saturated carbocycles. The summed E-state index contributed by atoms with van der Waals surface area (Å²) in [5.41, 5.74) is 0. The number of methoxy groups -OCH3 is 1. The van der Waals surface area contributed by atoms with E-state index in [4.69, 9.17) is 0 Å². The van der Waals surface area contributed by atoms with E-state index in [2.05, 4.69) is 10.1 Å². The first-order chi connectivity index (χ1) is 6.65. The third-order valence-corrected chi connectivity index (χ3v) is 2.31. The van der Waals surface area contributed by atoms with Gasteiger partial charge in [-0.2, -0.15) is 0 Å². The molecule has 80 valence electrons. The fourth-order valence-electron chi connectivity index (χ4n) is 1.51. The second-order valence-electron chi connectivity index (χ2n) is 3.39. The first-order valence-electron chi connectivity index (χ1n) is 4.78. The normalized spacial score (nSPS) is 17.7. The molecule has 5 nitrogen and oxygen atoms in total. The van der Waals surface area contributed by atoms with Gasteiger partial charge in [0.2, 0.25) is 5.91 Å². The average Bonchev–Trinajstić information content (AvgIpc) is 2.69. The lowest BCUT2D eigenvalue weighted by Crippen LogP contribution is -2.45. The zero-order chi connectivity index (χ0) is 10.6. The van der Waals surface area contributed by atoms with Gasteiger partial charge in [-0.3, -0.25) is 4.79 Å². The molecule has 1 aliphatic rings. The summed E-state index contributed by atoms with van der Waals surface area (Å²) in [5, 5.41) is 2.45. The fraction of sp³-hybridized carbons (Fsp3) is 0.778. The van der Waals surface area contributed by atoms with E-state index in [1.54, 1.807) is 11.8 Å². The molecule has 0 aromatic rings. The smallest absolute Gasteiger partial charge is 0.407 e. The van der Waals surface area contributed by atoms with Crippen molar-refractivity contribution >= 4 is 12.0 Å². The number of carbonyl (C=O) groups is 2. The van der Waals surface area contributed by atoms with Gasteiger partial charge in [-0.15, -0.1) is 0 Å². The standard InChI is InChI=1S/C9H16N2O3/c1-7(10-9(13)14-2)8(12)11-5-3-4-6-11/h7H,3-6H2,1-2H3,(H,10,13). The van der Waals surface area contributed by atoms with Crippen LogP contribution in [-0.2, 0) is 9.53 Å². The van der Waals surface area contributed by atoms with Gasteiger partial charge in [0, 0.05) is 13.1 Å². The Hall–Kier alpha value is -1.26. The molecule has 14 heavy (non-hydrogen) atoms. The molecule has 1 atom stereocenters. The van der Waals surface area contributed by atoms with Gasteiger partial charge in [0.25, 0.3) is 0 Å². The van der Waals surface area contributed by atoms with Crippen molar-refractivity contribution in [2.75, 3.05) is 20.2 Å². The quantitative estimate of drug-likeness (QED) is 0.700. The number of nitrogens with one attached hydrogen (secondary N) is 1. The van der Waals surface area contributed by atoms with Gasteiger partial charge in [0.15, 0.2) is 0 Å². The number of alkyl carbamates (subject to hydrolysis) is 1. The van der Waals surface area contributed by atoms with E-state index in [0.29, 0.717) is 0 Å². The molecule has 1 heterocycles. The first-order valence-corrected chi connectivity index (χ1v) is 4.78. The maximum atomic E-state index is 11.7. The van der Waals surface area contributed by atoms with Crippen LogP contribution in [0.25, 0.3) is 0 Å². The summed E-state index contributed by atoms with van der Waals surface area (Å²) in [7, 11) is 1.28. The van der Waals surface area contributed by atoms with Crippen molar-refractivity contribution in [3.63, 3.8) is 0 Å². The largest absolute Gasteiger partial charge is 0.453 e. The number of likely N-dealkylation sites (tertiary alicyclic amines) is 1. The molecule has 2 amide bonds. The molecule has 0 radical (unpaired) electrons. The SMILES string of the molecule is COC(=O)NC(C)C(=O)N1CCCC1. The second-order valence-corrected chi connectivity index (χ2v) is 3.39. The summed E-state index contributed by atoms with van der Waals surface area (Å²) in [6.07, 6.45) is 1.54. The highest BCUT2D eigenvalue weighted by molar-refractivity contribution is 5.85. The van der Waals surface area contributed by atoms with Gasteiger partial charge in [-0.1, -0.05) is 0 Å². The van der Waals surface area contributed by atoms with E-state index in [0.717, 1.165) is 25.9 Å². The number of hydrogen-bond acceptors (Lipinski definition) is 3. The zero-order valence-corrected chi connectivity index (χ0v) is 8.58. The van der Waals surface area contributed by atoms with E-state index in [9.17, 15) is 9.59 Å². The summed E-state index contributed by atoms with van der Waals surface area (Å²) in [6.45, 7) is 3.26. The van der Waals surface area contributed by atoms with Gasteiger partial charge in [0.05, 0.1) is 7.11 Å². The molecule has 0 bridgehead atoms. The highest BCUT2D eigenvalue weighted by Crippen LogP contribution is 2.08. The zero-order valence-electron chi connectivity index (χ0n) is 8.58. The summed E-state index contributed by atoms with van der Waals surface area (Å²) < 4.78 is 4.41. The Kier molecular flexibility index (Phi) is 3.73. The third-order valence-electron chi connectivity index (χ3n) is 2.31. The molecule has 0 spiro atoms. The maximum Gasteiger partial charge on any atom is 0.407 e. The van der Waals surface area contributed by atoms with Gasteiger partial charge in [0.1, 0.15) is 6.04 Å². The average molecular weight is 200 g/mol. The molecule has 1 unspecified atom stereocenters. The lowest BCUT2D eigenvalue weighted by Gasteiger charge is -2.20. The molecule has 1 N–H and O–H groups in total. The fourth-order valence-corrected chi connectivity index (χ4v) is 1.51. The van der Waals surface area contributed by atoms with Crippen molar-refractivity contribution in [1.29, 1.82) is 0 Å². The van der Waals surface area contributed by atoms with Crippen LogP contribution in [0, 0.1) is 0 Å². The van der Waals surface area contributed by atoms with Crippen molar-refractivity contribution in [3.05, 3.63) is 0 Å². The number of carbonyl (C=O) groups excluding carboxylic acids is 2. The molecular formula is C9H16N2O3. The number of ether oxygens (including phenoxy) is 1. The monoisotopic (exact) mass is 200 g/mol. The lowest BCUT2D eigenvalue weighted by atomic mass is 10.3. The summed E-state index contributed by atoms with van der Waals surface area (Å²) in [5.74, 6) is -0.0344. The van der Waals surface area contributed by atoms with Gasteiger partial charge in [-0.05, 0) is 19.8 Å². The van der Waals surface area contributed by atoms with Gasteiger partial charge in [-0.25, -0.2) is 4.79 Å². The third kappa shape index (κ3) is 2.61. The van der Waals surface area contributed by atoms with Crippen LogP contribution in [0.2, 0.25) is 0 Å². The first kappa shape index (κ1) is 10.8. The Morgan fingerprint density at radius 3 is 2.43 bits per heavy atom. The van der Waals surface area contributed by atoms with E-state index < -0.39 is 12.1 Å². The van der Waals surface area contributed by atoms with Crippen molar-refractivity contribution in [2.24, 2.45) is 0 Å². The van der Waals surface area contributed by atoms with Gasteiger partial charge < -0.3 is 15.0 Å². The lowest BCUT2D eigenvalue weighted by molar-refractivity contribution is -0.131. The molecule has 1 saturated heterocycles. The van der Waals surface area contributed by atoms with Crippen LogP contribution in [0.1, 0.15) is 19.8 Å². The van der Waals surface area contributed by atoms with Crippen molar-refractivity contribution < 1.29 is 14.3 Å². The Morgan fingerprint density at radius 2 is 1.93 bits per heavy atom. The molecule has 1 aliphatic heterocycles. The molecule has 0 aliphatic carbocycles. The second kappa shape index (κ2) is 4.83. The summed E-state index contributed by atoms with van der Waals surface area (Å²) in [4.78, 5) is 24.3. The van der Waals surface area contributed by atoms with Crippen molar-refractivity contribution in [2.45, 2.75) is 25.8 Å². The highest BCUT2D eigenvalue weighted by Gasteiger charge is 2.24. The number of amides is 2. The van der Waals surface area contributed by atoms with Crippen LogP contribution in [0.5, 0.6) is 0 Å².